The Morgan fingerprint density at radius 3 is 2.38 bits per heavy atom. The Balaban J connectivity index is 1.42. The van der Waals surface area contributed by atoms with Gasteiger partial charge in [-0.1, -0.05) is 60.5 Å². The zero-order chi connectivity index (χ0) is 50.2. The third-order valence-electron chi connectivity index (χ3n) is 13.4. The van der Waals surface area contributed by atoms with E-state index in [1.54, 1.807) is 65.6 Å². The van der Waals surface area contributed by atoms with E-state index in [4.69, 9.17) is 38.4 Å². The molecule has 0 unspecified atom stereocenters. The molecular weight excluding hydrogens is 909 g/mol. The summed E-state index contributed by atoms with van der Waals surface area (Å²) in [5.74, 6) is -1.63. The molecule has 3 aliphatic rings. The average Bonchev–Trinajstić information content (AvgIpc) is 3.39. The number of oxime groups is 1. The summed E-state index contributed by atoms with van der Waals surface area (Å²) in [5.41, 5.74) is 4.14. The minimum atomic E-state index is -1.61. The smallest absolute Gasteiger partial charge is 0.417 e. The second kappa shape index (κ2) is 25.4. The van der Waals surface area contributed by atoms with Gasteiger partial charge in [0.25, 0.3) is 5.91 Å². The lowest BCUT2D eigenvalue weighted by Crippen LogP contribution is -2.70. The average molecular weight is 973 g/mol. The number of rotatable bonds is 25. The third-order valence-corrected chi connectivity index (χ3v) is 13.4. The van der Waals surface area contributed by atoms with Gasteiger partial charge in [0, 0.05) is 49.3 Å². The van der Waals surface area contributed by atoms with Crippen molar-refractivity contribution < 1.29 is 58.2 Å². The predicted octanol–water partition coefficient (Wildman–Crippen LogP) is 8.17. The summed E-state index contributed by atoms with van der Waals surface area (Å²) in [6.45, 7) is 4.22. The highest BCUT2D eigenvalue weighted by Gasteiger charge is 2.65. The molecule has 16 nitrogen and oxygen atoms in total. The fourth-order valence-corrected chi connectivity index (χ4v) is 10.2. The SMILES string of the molecule is C=CCO[C@@]12Oc3ccc(OC(=O)Nc4ccc(OC)cc4OC)cc3[C@H]3[C@H](CCCCO)[C@@H](CCCCO)C=C(C(=NOCc4ccccc4)C[C@@H]1N(CCOCCO)C(=O)c1ccc(C#N)cc1)[C@H]32. The number of nitriles is 1. The third kappa shape index (κ3) is 12.2. The van der Waals surface area contributed by atoms with Gasteiger partial charge in [-0.3, -0.25) is 10.1 Å². The molecule has 0 aromatic heterocycles. The number of carbonyl (C=O) groups excluding carboxylic acids is 2. The topological polar surface area (TPSA) is 211 Å². The molecule has 0 bridgehead atoms. The normalized spacial score (nSPS) is 21.3. The number of hydrogen-bond acceptors (Lipinski definition) is 14. The second-order valence-corrected chi connectivity index (χ2v) is 17.6. The Morgan fingerprint density at radius 1 is 0.915 bits per heavy atom. The van der Waals surface area contributed by atoms with Crippen LogP contribution in [0.1, 0.15) is 77.9 Å². The first-order valence-electron chi connectivity index (χ1n) is 24.2. The van der Waals surface area contributed by atoms with Crippen molar-refractivity contribution in [3.63, 3.8) is 0 Å². The first-order valence-corrected chi connectivity index (χ1v) is 24.2. The van der Waals surface area contributed by atoms with Crippen molar-refractivity contribution in [2.24, 2.45) is 22.9 Å². The molecule has 4 N–H and O–H groups in total. The van der Waals surface area contributed by atoms with Gasteiger partial charge < -0.3 is 53.5 Å². The Labute approximate surface area is 415 Å². The molecule has 1 heterocycles. The van der Waals surface area contributed by atoms with Gasteiger partial charge in [0.1, 0.15) is 35.6 Å². The van der Waals surface area contributed by atoms with Gasteiger partial charge >= 0.3 is 6.09 Å². The summed E-state index contributed by atoms with van der Waals surface area (Å²) >= 11 is 0. The van der Waals surface area contributed by atoms with Gasteiger partial charge in [0.05, 0.1) is 69.6 Å². The number of amides is 2. The molecule has 1 fully saturated rings. The van der Waals surface area contributed by atoms with Crippen molar-refractivity contribution >= 4 is 23.4 Å². The zero-order valence-electron chi connectivity index (χ0n) is 40.4. The maximum Gasteiger partial charge on any atom is 0.417 e. The summed E-state index contributed by atoms with van der Waals surface area (Å²) in [4.78, 5) is 36.8. The van der Waals surface area contributed by atoms with E-state index in [2.05, 4.69) is 24.0 Å². The summed E-state index contributed by atoms with van der Waals surface area (Å²) < 4.78 is 37.2. The highest BCUT2D eigenvalue weighted by atomic mass is 16.7. The predicted molar refractivity (Wildman–Crippen MR) is 265 cm³/mol. The summed E-state index contributed by atoms with van der Waals surface area (Å²) in [5, 5.41) is 47.1. The van der Waals surface area contributed by atoms with Crippen molar-refractivity contribution in [1.82, 2.24) is 4.90 Å². The summed E-state index contributed by atoms with van der Waals surface area (Å²) in [7, 11) is 3.03. The molecule has 7 rings (SSSR count). The molecule has 71 heavy (non-hydrogen) atoms. The Hall–Kier alpha value is -6.74. The molecule has 6 atom stereocenters. The number of methoxy groups -OCH3 is 2. The number of anilines is 1. The Kier molecular flexibility index (Phi) is 18.6. The van der Waals surface area contributed by atoms with Crippen LogP contribution in [0, 0.1) is 29.1 Å². The van der Waals surface area contributed by atoms with E-state index >= 15 is 4.79 Å². The van der Waals surface area contributed by atoms with E-state index < -0.39 is 29.8 Å². The number of allylic oxidation sites excluding steroid dienone is 1. The summed E-state index contributed by atoms with van der Waals surface area (Å²) in [6, 6.07) is 27.5. The Morgan fingerprint density at radius 2 is 1.68 bits per heavy atom. The molecule has 4 aromatic rings. The van der Waals surface area contributed by atoms with Crippen molar-refractivity contribution in [3.05, 3.63) is 138 Å². The maximum absolute atomic E-state index is 15.2. The number of aliphatic hydroxyl groups excluding tert-OH is 3. The van der Waals surface area contributed by atoms with E-state index in [1.165, 1.54) is 14.2 Å². The number of benzene rings is 4. The molecule has 2 aliphatic carbocycles. The van der Waals surface area contributed by atoms with Gasteiger partial charge in [-0.15, -0.1) is 6.58 Å². The maximum atomic E-state index is 15.2. The van der Waals surface area contributed by atoms with Crippen LogP contribution in [0.4, 0.5) is 10.5 Å². The lowest BCUT2D eigenvalue weighted by molar-refractivity contribution is -0.254. The van der Waals surface area contributed by atoms with Gasteiger partial charge in [0.15, 0.2) is 0 Å². The number of hydrogen-bond donors (Lipinski definition) is 4. The fourth-order valence-electron chi connectivity index (χ4n) is 10.2. The first kappa shape index (κ1) is 52.1. The van der Waals surface area contributed by atoms with Gasteiger partial charge in [0.2, 0.25) is 5.79 Å². The molecular formula is C55H64N4O12. The monoisotopic (exact) mass is 972 g/mol. The van der Waals surface area contributed by atoms with Crippen LogP contribution in [0.15, 0.2) is 120 Å². The van der Waals surface area contributed by atoms with Crippen LogP contribution < -0.4 is 24.3 Å². The van der Waals surface area contributed by atoms with Gasteiger partial charge in [-0.25, -0.2) is 4.79 Å². The molecule has 1 aliphatic heterocycles. The van der Waals surface area contributed by atoms with Crippen molar-refractivity contribution in [1.29, 1.82) is 5.26 Å². The number of carbonyl (C=O) groups is 2. The van der Waals surface area contributed by atoms with E-state index in [1.807, 2.05) is 36.4 Å². The lowest BCUT2D eigenvalue weighted by Gasteiger charge is -2.60. The zero-order valence-corrected chi connectivity index (χ0v) is 40.4. The number of nitrogens with one attached hydrogen (secondary N) is 1. The van der Waals surface area contributed by atoms with Crippen LogP contribution in [0.5, 0.6) is 23.0 Å². The highest BCUT2D eigenvalue weighted by molar-refractivity contribution is 6.03. The highest BCUT2D eigenvalue weighted by Crippen LogP contribution is 2.62. The van der Waals surface area contributed by atoms with Gasteiger partial charge in [-0.05, 0) is 103 Å². The molecule has 0 spiro atoms. The summed E-state index contributed by atoms with van der Waals surface area (Å²) in [6.07, 6.45) is 7.24. The number of fused-ring (bicyclic) bond motifs is 2. The first-order chi connectivity index (χ1) is 34.7. The van der Waals surface area contributed by atoms with E-state index in [0.717, 1.165) is 29.5 Å². The minimum Gasteiger partial charge on any atom is -0.497 e. The van der Waals surface area contributed by atoms with Crippen LogP contribution in [0.25, 0.3) is 0 Å². The largest absolute Gasteiger partial charge is 0.497 e. The van der Waals surface area contributed by atoms with Crippen molar-refractivity contribution in [3.8, 4) is 29.1 Å². The molecule has 0 radical (unpaired) electrons. The van der Waals surface area contributed by atoms with Crippen LogP contribution >= 0.6 is 0 Å². The lowest BCUT2D eigenvalue weighted by atomic mass is 9.55. The number of nitrogens with zero attached hydrogens (tertiary/aromatic N) is 3. The van der Waals surface area contributed by atoms with E-state index in [9.17, 15) is 25.4 Å². The van der Waals surface area contributed by atoms with Crippen LogP contribution in [0.3, 0.4) is 0 Å². The number of ether oxygens (including phenoxy) is 6. The van der Waals surface area contributed by atoms with Crippen LogP contribution in [-0.2, 0) is 20.9 Å². The molecule has 1 saturated carbocycles. The van der Waals surface area contributed by atoms with Crippen molar-refractivity contribution in [2.75, 3.05) is 65.7 Å². The van der Waals surface area contributed by atoms with Crippen LogP contribution in [0.2, 0.25) is 0 Å². The van der Waals surface area contributed by atoms with E-state index in [0.29, 0.717) is 65.5 Å². The van der Waals surface area contributed by atoms with E-state index in [-0.39, 0.29) is 82.7 Å². The minimum absolute atomic E-state index is 0.0116. The van der Waals surface area contributed by atoms with Gasteiger partial charge in [-0.2, -0.15) is 5.26 Å². The molecule has 0 saturated heterocycles. The number of unbranched alkanes of at least 4 members (excludes halogenated alkanes) is 2. The molecule has 16 heteroatoms. The molecule has 2 amide bonds. The van der Waals surface area contributed by atoms with Crippen LogP contribution in [-0.4, -0.2) is 110 Å². The Bertz CT molecular complexity index is 2530. The standard InChI is InChI=1S/C55H64N4O12/c1-4-28-68-55-50(59(24-29-67-30-27-62)53(63)39-18-16-37(35-56)17-19-39)34-47(58-69-36-38-12-6-5-7-13-38)44-31-40(14-8-10-25-60)43(15-9-11-26-61)51(52(44)55)45-32-42(21-23-48(45)71-55)70-54(64)57-46-22-20-41(65-2)33-49(46)66-3/h4-7,12-13,16-23,31-33,40,43,50-52,60-62H,1,8-11,14-15,24-30,34,36H2,2-3H3,(H,57,64)/t40-,43+,50-,51+,52+,55+/m0/s1. The molecule has 4 aromatic carbocycles. The molecule has 376 valence electrons. The fraction of sp³-hybridized carbons (Fsp3) is 0.418. The second-order valence-electron chi connectivity index (χ2n) is 17.6. The quantitative estimate of drug-likeness (QED) is 0.0281. The van der Waals surface area contributed by atoms with Crippen molar-refractivity contribution in [2.45, 2.75) is 69.3 Å². The number of aliphatic hydroxyl groups is 3.